The molecule has 3 rings (SSSR count). The second-order valence-corrected chi connectivity index (χ2v) is 5.24. The maximum atomic E-state index is 4.35. The van der Waals surface area contributed by atoms with Gasteiger partial charge in [0.2, 0.25) is 0 Å². The lowest BCUT2D eigenvalue weighted by molar-refractivity contribution is 0.214. The smallest absolute Gasteiger partial charge is 0.153 e. The van der Waals surface area contributed by atoms with Crippen molar-refractivity contribution in [3.63, 3.8) is 0 Å². The van der Waals surface area contributed by atoms with E-state index in [0.29, 0.717) is 12.6 Å². The van der Waals surface area contributed by atoms with Crippen molar-refractivity contribution in [1.29, 1.82) is 0 Å². The van der Waals surface area contributed by atoms with Crippen LogP contribution in [-0.2, 0) is 19.6 Å². The number of nitrogens with zero attached hydrogens (tertiary/aromatic N) is 7. The first-order valence-corrected chi connectivity index (χ1v) is 6.71. The van der Waals surface area contributed by atoms with E-state index in [-0.39, 0.29) is 0 Å². The van der Waals surface area contributed by atoms with Crippen LogP contribution in [-0.4, -0.2) is 47.0 Å². The predicted molar refractivity (Wildman–Crippen MR) is 69.3 cm³/mol. The van der Waals surface area contributed by atoms with Crippen LogP contribution in [0.25, 0.3) is 0 Å². The molecular formula is C12H19N7. The third-order valence-corrected chi connectivity index (χ3v) is 3.60. The maximum absolute atomic E-state index is 4.35. The van der Waals surface area contributed by atoms with Crippen molar-refractivity contribution >= 4 is 0 Å². The highest BCUT2D eigenvalue weighted by Crippen LogP contribution is 2.15. The summed E-state index contributed by atoms with van der Waals surface area (Å²) in [6.07, 6.45) is 4.55. The molecule has 0 saturated heterocycles. The lowest BCUT2D eigenvalue weighted by Gasteiger charge is -2.23. The number of hydrogen-bond acceptors (Lipinski definition) is 5. The summed E-state index contributed by atoms with van der Waals surface area (Å²) in [5.41, 5.74) is 0. The molecule has 102 valence electrons. The Balaban J connectivity index is 1.82. The number of hydrogen-bond donors (Lipinski definition) is 0. The second-order valence-electron chi connectivity index (χ2n) is 5.24. The minimum Gasteiger partial charge on any atom is -0.312 e. The zero-order chi connectivity index (χ0) is 13.2. The molecule has 0 aliphatic carbocycles. The molecule has 3 heterocycles. The van der Waals surface area contributed by atoms with Crippen LogP contribution in [0.5, 0.6) is 0 Å². The Hall–Kier alpha value is -1.76. The molecule has 7 heteroatoms. The molecule has 1 aliphatic rings. The van der Waals surface area contributed by atoms with Gasteiger partial charge in [0, 0.05) is 19.1 Å². The zero-order valence-corrected chi connectivity index (χ0v) is 11.4. The standard InChI is InChI=1S/C12H19N7/c1-10(2)18-4-3-5-19-11(15-16-12(19)7-18)6-17-8-13-14-9-17/h8-10H,3-7H2,1-2H3. The van der Waals surface area contributed by atoms with Crippen molar-refractivity contribution < 1.29 is 0 Å². The highest BCUT2D eigenvalue weighted by molar-refractivity contribution is 4.99. The van der Waals surface area contributed by atoms with Gasteiger partial charge in [-0.3, -0.25) is 4.90 Å². The van der Waals surface area contributed by atoms with Crippen LogP contribution in [0.3, 0.4) is 0 Å². The van der Waals surface area contributed by atoms with Crippen LogP contribution < -0.4 is 0 Å². The lowest BCUT2D eigenvalue weighted by atomic mass is 10.3. The van der Waals surface area contributed by atoms with E-state index in [2.05, 4.69) is 43.7 Å². The lowest BCUT2D eigenvalue weighted by Crippen LogP contribution is -2.30. The Bertz CT molecular complexity index is 528. The minimum absolute atomic E-state index is 0.546. The van der Waals surface area contributed by atoms with E-state index >= 15 is 0 Å². The Morgan fingerprint density at radius 1 is 1.16 bits per heavy atom. The Labute approximate surface area is 112 Å². The van der Waals surface area contributed by atoms with E-state index in [0.717, 1.165) is 37.7 Å². The van der Waals surface area contributed by atoms with Gasteiger partial charge in [-0.25, -0.2) is 0 Å². The normalized spacial score (nSPS) is 16.6. The minimum atomic E-state index is 0.546. The van der Waals surface area contributed by atoms with Crippen molar-refractivity contribution in [2.24, 2.45) is 0 Å². The fourth-order valence-electron chi connectivity index (χ4n) is 2.46. The summed E-state index contributed by atoms with van der Waals surface area (Å²) in [5, 5.41) is 16.3. The van der Waals surface area contributed by atoms with E-state index in [4.69, 9.17) is 0 Å². The summed E-state index contributed by atoms with van der Waals surface area (Å²) in [7, 11) is 0. The van der Waals surface area contributed by atoms with Gasteiger partial charge < -0.3 is 9.13 Å². The average molecular weight is 261 g/mol. The maximum Gasteiger partial charge on any atom is 0.153 e. The van der Waals surface area contributed by atoms with Crippen LogP contribution in [0, 0.1) is 0 Å². The van der Waals surface area contributed by atoms with Crippen molar-refractivity contribution in [2.75, 3.05) is 6.54 Å². The first kappa shape index (κ1) is 12.3. The van der Waals surface area contributed by atoms with Crippen molar-refractivity contribution in [3.05, 3.63) is 24.3 Å². The monoisotopic (exact) mass is 261 g/mol. The molecule has 0 saturated carbocycles. The molecule has 2 aromatic rings. The SMILES string of the molecule is CC(C)N1CCCn2c(nnc2Cn2cnnc2)C1. The molecule has 19 heavy (non-hydrogen) atoms. The Morgan fingerprint density at radius 2 is 1.95 bits per heavy atom. The third-order valence-electron chi connectivity index (χ3n) is 3.60. The summed E-state index contributed by atoms with van der Waals surface area (Å²) in [4.78, 5) is 2.44. The summed E-state index contributed by atoms with van der Waals surface area (Å²) in [6, 6.07) is 0.546. The molecule has 7 nitrogen and oxygen atoms in total. The molecule has 0 spiro atoms. The van der Waals surface area contributed by atoms with Gasteiger partial charge in [0.05, 0.1) is 13.1 Å². The summed E-state index contributed by atoms with van der Waals surface area (Å²) in [5.74, 6) is 2.05. The van der Waals surface area contributed by atoms with Crippen LogP contribution >= 0.6 is 0 Å². The highest BCUT2D eigenvalue weighted by Gasteiger charge is 2.20. The van der Waals surface area contributed by atoms with Gasteiger partial charge in [-0.15, -0.1) is 20.4 Å². The molecule has 0 atom stereocenters. The molecule has 0 bridgehead atoms. The third kappa shape index (κ3) is 2.51. The molecule has 0 radical (unpaired) electrons. The fraction of sp³-hybridized carbons (Fsp3) is 0.667. The molecule has 0 unspecified atom stereocenters. The Kier molecular flexibility index (Phi) is 3.29. The quantitative estimate of drug-likeness (QED) is 0.806. The van der Waals surface area contributed by atoms with Gasteiger partial charge >= 0.3 is 0 Å². The fourth-order valence-corrected chi connectivity index (χ4v) is 2.46. The van der Waals surface area contributed by atoms with Crippen LogP contribution in [0.2, 0.25) is 0 Å². The van der Waals surface area contributed by atoms with Crippen LogP contribution in [0.15, 0.2) is 12.7 Å². The molecule has 0 fully saturated rings. The van der Waals surface area contributed by atoms with Gasteiger partial charge in [-0.1, -0.05) is 0 Å². The summed E-state index contributed by atoms with van der Waals surface area (Å²) < 4.78 is 4.16. The molecule has 0 aromatic carbocycles. The molecular weight excluding hydrogens is 242 g/mol. The van der Waals surface area contributed by atoms with Gasteiger partial charge in [0.1, 0.15) is 18.5 Å². The van der Waals surface area contributed by atoms with E-state index in [1.54, 1.807) is 12.7 Å². The van der Waals surface area contributed by atoms with E-state index in [9.17, 15) is 0 Å². The molecule has 1 aliphatic heterocycles. The molecule has 2 aromatic heterocycles. The highest BCUT2D eigenvalue weighted by atomic mass is 15.3. The first-order valence-electron chi connectivity index (χ1n) is 6.71. The predicted octanol–water partition coefficient (Wildman–Crippen LogP) is 0.532. The largest absolute Gasteiger partial charge is 0.312 e. The summed E-state index contributed by atoms with van der Waals surface area (Å²) in [6.45, 7) is 8.12. The molecule has 0 N–H and O–H groups in total. The average Bonchev–Trinajstić information content (AvgIpc) is 2.96. The number of rotatable bonds is 3. The number of aromatic nitrogens is 6. The van der Waals surface area contributed by atoms with Gasteiger partial charge in [0.25, 0.3) is 0 Å². The van der Waals surface area contributed by atoms with Crippen LogP contribution in [0.1, 0.15) is 31.9 Å². The Morgan fingerprint density at radius 3 is 2.68 bits per heavy atom. The second kappa shape index (κ2) is 5.08. The van der Waals surface area contributed by atoms with E-state index in [1.165, 1.54) is 0 Å². The van der Waals surface area contributed by atoms with E-state index < -0.39 is 0 Å². The van der Waals surface area contributed by atoms with Crippen LogP contribution in [0.4, 0.5) is 0 Å². The number of fused-ring (bicyclic) bond motifs is 1. The first-order chi connectivity index (χ1) is 9.24. The van der Waals surface area contributed by atoms with Gasteiger partial charge in [0.15, 0.2) is 5.82 Å². The molecule has 0 amide bonds. The van der Waals surface area contributed by atoms with Crippen molar-refractivity contribution in [3.8, 4) is 0 Å². The summed E-state index contributed by atoms with van der Waals surface area (Å²) >= 11 is 0. The van der Waals surface area contributed by atoms with Gasteiger partial charge in [-0.2, -0.15) is 0 Å². The van der Waals surface area contributed by atoms with Crippen molar-refractivity contribution in [2.45, 2.75) is 45.9 Å². The van der Waals surface area contributed by atoms with Crippen molar-refractivity contribution in [1.82, 2.24) is 34.4 Å². The van der Waals surface area contributed by atoms with E-state index in [1.807, 2.05) is 4.57 Å². The topological polar surface area (TPSA) is 64.7 Å². The van der Waals surface area contributed by atoms with Gasteiger partial charge in [-0.05, 0) is 20.3 Å². The zero-order valence-electron chi connectivity index (χ0n) is 11.4.